The minimum atomic E-state index is 0.00227. The number of carbonyl (C=O) groups is 1. The molecule has 0 fully saturated rings. The molecule has 0 saturated heterocycles. The van der Waals surface area contributed by atoms with Crippen molar-refractivity contribution >= 4 is 16.7 Å². The molecule has 1 aromatic heterocycles. The van der Waals surface area contributed by atoms with Crippen molar-refractivity contribution in [2.45, 2.75) is 33.6 Å². The van der Waals surface area contributed by atoms with Crippen LogP contribution in [-0.4, -0.2) is 10.4 Å². The van der Waals surface area contributed by atoms with Crippen molar-refractivity contribution < 1.29 is 4.79 Å². The van der Waals surface area contributed by atoms with Crippen molar-refractivity contribution in [1.29, 1.82) is 0 Å². The molecule has 1 aromatic carbocycles. The van der Waals surface area contributed by atoms with Gasteiger partial charge in [0, 0.05) is 19.0 Å². The largest absolute Gasteiger partial charge is 0.311 e. The number of carbonyl (C=O) groups excluding carboxylic acids is 1. The van der Waals surface area contributed by atoms with Crippen LogP contribution >= 0.6 is 0 Å². The Balaban J connectivity index is 2.65. The van der Waals surface area contributed by atoms with Crippen LogP contribution in [0.5, 0.6) is 0 Å². The van der Waals surface area contributed by atoms with Gasteiger partial charge in [-0.1, -0.05) is 12.1 Å². The fourth-order valence-corrected chi connectivity index (χ4v) is 2.44. The molecule has 0 unspecified atom stereocenters. The smallest absolute Gasteiger partial charge is 0.253 e. The van der Waals surface area contributed by atoms with Crippen LogP contribution in [0.2, 0.25) is 0 Å². The molecule has 0 amide bonds. The van der Waals surface area contributed by atoms with Crippen molar-refractivity contribution in [3.05, 3.63) is 45.2 Å². The summed E-state index contributed by atoms with van der Waals surface area (Å²) in [7, 11) is 1.80. The van der Waals surface area contributed by atoms with Gasteiger partial charge in [0.2, 0.25) is 0 Å². The minimum Gasteiger partial charge on any atom is -0.311 e. The van der Waals surface area contributed by atoms with E-state index in [0.29, 0.717) is 18.4 Å². The maximum atomic E-state index is 12.3. The Labute approximate surface area is 112 Å². The molecule has 0 aliphatic carbocycles. The van der Waals surface area contributed by atoms with Crippen molar-refractivity contribution in [1.82, 2.24) is 4.57 Å². The van der Waals surface area contributed by atoms with E-state index >= 15 is 0 Å². The third-order valence-electron chi connectivity index (χ3n) is 3.72. The fourth-order valence-electron chi connectivity index (χ4n) is 2.44. The molecule has 0 spiro atoms. The van der Waals surface area contributed by atoms with Crippen LogP contribution in [0.1, 0.15) is 30.0 Å². The molecular weight excluding hydrogens is 238 g/mol. The number of hydrogen-bond acceptors (Lipinski definition) is 2. The minimum absolute atomic E-state index is 0.00227. The van der Waals surface area contributed by atoms with E-state index in [-0.39, 0.29) is 11.3 Å². The van der Waals surface area contributed by atoms with Crippen LogP contribution in [0.4, 0.5) is 0 Å². The average Bonchev–Trinajstić information content (AvgIpc) is 2.36. The quantitative estimate of drug-likeness (QED) is 0.848. The SMILES string of the molecule is CC(=O)CCc1cc2ccc(C)c(C)c2n(C)c1=O. The second-order valence-electron chi connectivity index (χ2n) is 5.18. The van der Waals surface area contributed by atoms with E-state index in [2.05, 4.69) is 6.07 Å². The first-order valence-electron chi connectivity index (χ1n) is 6.50. The summed E-state index contributed by atoms with van der Waals surface area (Å²) in [6, 6.07) is 6.03. The zero-order valence-corrected chi connectivity index (χ0v) is 11.9. The first-order chi connectivity index (χ1) is 8.91. The van der Waals surface area contributed by atoms with Crippen LogP contribution in [0.3, 0.4) is 0 Å². The van der Waals surface area contributed by atoms with Crippen molar-refractivity contribution in [2.24, 2.45) is 7.05 Å². The van der Waals surface area contributed by atoms with Gasteiger partial charge in [0.1, 0.15) is 5.78 Å². The summed E-state index contributed by atoms with van der Waals surface area (Å²) in [4.78, 5) is 23.4. The molecule has 1 heterocycles. The van der Waals surface area contributed by atoms with E-state index < -0.39 is 0 Å². The number of benzene rings is 1. The van der Waals surface area contributed by atoms with Gasteiger partial charge >= 0.3 is 0 Å². The molecule has 3 heteroatoms. The predicted molar refractivity (Wildman–Crippen MR) is 77.7 cm³/mol. The number of nitrogens with zero attached hydrogens (tertiary/aromatic N) is 1. The summed E-state index contributed by atoms with van der Waals surface area (Å²) in [5, 5.41) is 1.06. The number of Topliss-reactive ketones (excluding diaryl/α,β-unsaturated/α-hetero) is 1. The molecule has 0 radical (unpaired) electrons. The Morgan fingerprint density at radius 3 is 2.58 bits per heavy atom. The normalized spacial score (nSPS) is 10.9. The van der Waals surface area contributed by atoms with E-state index in [4.69, 9.17) is 0 Å². The molecule has 3 nitrogen and oxygen atoms in total. The monoisotopic (exact) mass is 257 g/mol. The average molecular weight is 257 g/mol. The summed E-state index contributed by atoms with van der Waals surface area (Å²) in [6.45, 7) is 5.63. The second-order valence-corrected chi connectivity index (χ2v) is 5.18. The third kappa shape index (κ3) is 2.46. The lowest BCUT2D eigenvalue weighted by Crippen LogP contribution is -2.22. The highest BCUT2D eigenvalue weighted by molar-refractivity contribution is 5.84. The van der Waals surface area contributed by atoms with Crippen LogP contribution in [0.15, 0.2) is 23.0 Å². The van der Waals surface area contributed by atoms with Gasteiger partial charge < -0.3 is 9.36 Å². The summed E-state index contributed by atoms with van der Waals surface area (Å²) in [5.74, 6) is 0.113. The lowest BCUT2D eigenvalue weighted by molar-refractivity contribution is -0.116. The lowest BCUT2D eigenvalue weighted by Gasteiger charge is -2.12. The number of aromatic nitrogens is 1. The highest BCUT2D eigenvalue weighted by Crippen LogP contribution is 2.20. The number of rotatable bonds is 3. The fraction of sp³-hybridized carbons (Fsp3) is 0.375. The van der Waals surface area contributed by atoms with E-state index in [1.165, 1.54) is 5.56 Å². The second kappa shape index (κ2) is 5.00. The number of aryl methyl sites for hydroxylation is 4. The van der Waals surface area contributed by atoms with E-state index in [1.807, 2.05) is 26.0 Å². The van der Waals surface area contributed by atoms with Crippen molar-refractivity contribution in [3.63, 3.8) is 0 Å². The molecule has 0 aliphatic heterocycles. The summed E-state index contributed by atoms with van der Waals surface area (Å²) >= 11 is 0. The molecule has 2 aromatic rings. The van der Waals surface area contributed by atoms with Gasteiger partial charge in [0.25, 0.3) is 5.56 Å². The Hall–Kier alpha value is -1.90. The predicted octanol–water partition coefficient (Wildman–Crippen LogP) is 2.68. The number of pyridine rings is 1. The zero-order valence-electron chi connectivity index (χ0n) is 11.9. The van der Waals surface area contributed by atoms with Crippen LogP contribution in [0.25, 0.3) is 10.9 Å². The van der Waals surface area contributed by atoms with Gasteiger partial charge in [-0.15, -0.1) is 0 Å². The van der Waals surface area contributed by atoms with Gasteiger partial charge in [-0.25, -0.2) is 0 Å². The van der Waals surface area contributed by atoms with Crippen LogP contribution in [0, 0.1) is 13.8 Å². The van der Waals surface area contributed by atoms with Gasteiger partial charge in [-0.2, -0.15) is 0 Å². The first kappa shape index (κ1) is 13.5. The van der Waals surface area contributed by atoms with E-state index in [1.54, 1.807) is 18.5 Å². The molecular formula is C16H19NO2. The highest BCUT2D eigenvalue weighted by atomic mass is 16.1. The maximum absolute atomic E-state index is 12.3. The standard InChI is InChI=1S/C16H19NO2/c1-10-5-7-13-9-14(8-6-11(2)18)16(19)17(4)15(13)12(10)3/h5,7,9H,6,8H2,1-4H3. The molecule has 100 valence electrons. The summed E-state index contributed by atoms with van der Waals surface area (Å²) in [6.07, 6.45) is 0.941. The van der Waals surface area contributed by atoms with Crippen molar-refractivity contribution in [3.8, 4) is 0 Å². The van der Waals surface area contributed by atoms with Gasteiger partial charge in [-0.3, -0.25) is 4.79 Å². The number of hydrogen-bond donors (Lipinski definition) is 0. The van der Waals surface area contributed by atoms with Gasteiger partial charge in [0.05, 0.1) is 5.52 Å². The molecule has 19 heavy (non-hydrogen) atoms. The van der Waals surface area contributed by atoms with Gasteiger partial charge in [0.15, 0.2) is 0 Å². The molecule has 2 rings (SSSR count). The lowest BCUT2D eigenvalue weighted by atomic mass is 10.0. The van der Waals surface area contributed by atoms with E-state index in [0.717, 1.165) is 16.5 Å². The Morgan fingerprint density at radius 1 is 1.26 bits per heavy atom. The molecule has 0 saturated carbocycles. The van der Waals surface area contributed by atoms with Crippen molar-refractivity contribution in [2.75, 3.05) is 0 Å². The first-order valence-corrected chi connectivity index (χ1v) is 6.50. The Bertz CT molecular complexity index is 711. The van der Waals surface area contributed by atoms with Gasteiger partial charge in [-0.05, 0) is 49.8 Å². The van der Waals surface area contributed by atoms with E-state index in [9.17, 15) is 9.59 Å². The highest BCUT2D eigenvalue weighted by Gasteiger charge is 2.10. The zero-order chi connectivity index (χ0) is 14.2. The number of fused-ring (bicyclic) bond motifs is 1. The third-order valence-corrected chi connectivity index (χ3v) is 3.72. The van der Waals surface area contributed by atoms with Crippen LogP contribution in [-0.2, 0) is 18.3 Å². The summed E-state index contributed by atoms with van der Waals surface area (Å²) in [5.41, 5.74) is 4.02. The van der Waals surface area contributed by atoms with Crippen LogP contribution < -0.4 is 5.56 Å². The Morgan fingerprint density at radius 2 is 1.95 bits per heavy atom. The molecule has 0 atom stereocenters. The maximum Gasteiger partial charge on any atom is 0.253 e. The molecule has 0 N–H and O–H groups in total. The topological polar surface area (TPSA) is 39.1 Å². The molecule has 0 bridgehead atoms. The number of ketones is 1. The molecule has 0 aliphatic rings. The summed E-state index contributed by atoms with van der Waals surface area (Å²) < 4.78 is 1.70. The Kier molecular flexibility index (Phi) is 3.56.